The minimum atomic E-state index is 1.03. The fraction of sp³-hybridized carbons (Fsp3) is 0.615. The lowest BCUT2D eigenvalue weighted by atomic mass is 9.88. The van der Waals surface area contributed by atoms with Gasteiger partial charge in [0.25, 0.3) is 0 Å². The van der Waals surface area contributed by atoms with Crippen molar-refractivity contribution in [3.63, 3.8) is 0 Å². The van der Waals surface area contributed by atoms with Crippen LogP contribution in [0.5, 0.6) is 0 Å². The van der Waals surface area contributed by atoms with Crippen molar-refractivity contribution < 1.29 is 0 Å². The maximum Gasteiger partial charge on any atom is 0.0316 e. The highest BCUT2D eigenvalue weighted by molar-refractivity contribution is 5.93. The fourth-order valence-electron chi connectivity index (χ4n) is 1.07. The van der Waals surface area contributed by atoms with Crippen LogP contribution in [0.25, 0.3) is 0 Å². The first-order valence-corrected chi connectivity index (χ1v) is 5.34. The predicted molar refractivity (Wildman–Crippen MR) is 66.0 cm³/mol. The van der Waals surface area contributed by atoms with Gasteiger partial charge in [0, 0.05) is 12.8 Å². The van der Waals surface area contributed by atoms with Crippen LogP contribution in [0, 0.1) is 5.92 Å². The molecule has 1 aliphatic carbocycles. The van der Waals surface area contributed by atoms with Gasteiger partial charge in [-0.2, -0.15) is 0 Å². The molecule has 0 saturated heterocycles. The van der Waals surface area contributed by atoms with Crippen LogP contribution in [0.1, 0.15) is 40.0 Å². The van der Waals surface area contributed by atoms with Crippen LogP contribution in [-0.4, -0.2) is 12.8 Å². The predicted octanol–water partition coefficient (Wildman–Crippen LogP) is 4.02. The highest BCUT2D eigenvalue weighted by Crippen LogP contribution is 2.24. The molecule has 1 nitrogen and oxygen atoms in total. The molecule has 0 N–H and O–H groups in total. The van der Waals surface area contributed by atoms with Crippen molar-refractivity contribution in [2.24, 2.45) is 10.9 Å². The monoisotopic (exact) mass is 193 g/mol. The molecule has 0 amide bonds. The molecule has 0 spiro atoms. The van der Waals surface area contributed by atoms with Gasteiger partial charge in [0.05, 0.1) is 0 Å². The zero-order chi connectivity index (χ0) is 11.0. The molecule has 80 valence electrons. The standard InChI is InChI=1S/C8H13N.C5H10/c1-5-7(2)6-8(3)9-4;1-5-3-2-4-5/h5-6H,1H2,2-4H3;5H,2-4H2,1H3/b7-6-,9-8?;. The number of rotatable bonds is 2. The van der Waals surface area contributed by atoms with Gasteiger partial charge in [-0.3, -0.25) is 4.99 Å². The molecule has 1 saturated carbocycles. The van der Waals surface area contributed by atoms with E-state index in [1.54, 1.807) is 7.05 Å². The molecular weight excluding hydrogens is 170 g/mol. The third-order valence-electron chi connectivity index (χ3n) is 2.51. The summed E-state index contributed by atoms with van der Waals surface area (Å²) < 4.78 is 0. The van der Waals surface area contributed by atoms with Crippen LogP contribution < -0.4 is 0 Å². The molecule has 14 heavy (non-hydrogen) atoms. The Morgan fingerprint density at radius 3 is 2.07 bits per heavy atom. The van der Waals surface area contributed by atoms with E-state index in [1.807, 2.05) is 26.0 Å². The summed E-state index contributed by atoms with van der Waals surface area (Å²) in [5, 5.41) is 0. The summed E-state index contributed by atoms with van der Waals surface area (Å²) in [6.07, 6.45) is 8.27. The Hall–Kier alpha value is -0.850. The van der Waals surface area contributed by atoms with Crippen LogP contribution in [0.15, 0.2) is 29.3 Å². The summed E-state index contributed by atoms with van der Waals surface area (Å²) >= 11 is 0. The first-order chi connectivity index (χ1) is 6.60. The van der Waals surface area contributed by atoms with Crippen LogP contribution in [0.3, 0.4) is 0 Å². The average molecular weight is 193 g/mol. The number of aliphatic imine (C=N–C) groups is 1. The van der Waals surface area contributed by atoms with Gasteiger partial charge in [0.15, 0.2) is 0 Å². The molecule has 1 aliphatic rings. The average Bonchev–Trinajstić information content (AvgIpc) is 2.15. The Labute approximate surface area is 88.6 Å². The van der Waals surface area contributed by atoms with Gasteiger partial charge >= 0.3 is 0 Å². The molecule has 0 aliphatic heterocycles. The minimum absolute atomic E-state index is 1.03. The molecule has 0 aromatic heterocycles. The van der Waals surface area contributed by atoms with Crippen LogP contribution in [0.4, 0.5) is 0 Å². The summed E-state index contributed by atoms with van der Waals surface area (Å²) in [4.78, 5) is 3.97. The van der Waals surface area contributed by atoms with Crippen molar-refractivity contribution in [3.8, 4) is 0 Å². The lowest BCUT2D eigenvalue weighted by Gasteiger charge is -2.18. The normalized spacial score (nSPS) is 18.0. The topological polar surface area (TPSA) is 12.4 Å². The van der Waals surface area contributed by atoms with E-state index in [1.165, 1.54) is 19.3 Å². The third-order valence-corrected chi connectivity index (χ3v) is 2.51. The summed E-state index contributed by atoms with van der Waals surface area (Å²) in [5.41, 5.74) is 2.19. The Morgan fingerprint density at radius 1 is 1.36 bits per heavy atom. The Bertz CT molecular complexity index is 219. The second-order valence-corrected chi connectivity index (χ2v) is 3.99. The molecule has 0 heterocycles. The summed E-state index contributed by atoms with van der Waals surface area (Å²) in [6, 6.07) is 0. The van der Waals surface area contributed by atoms with Crippen LogP contribution >= 0.6 is 0 Å². The van der Waals surface area contributed by atoms with Gasteiger partial charge in [-0.25, -0.2) is 0 Å². The Morgan fingerprint density at radius 2 is 1.86 bits per heavy atom. The van der Waals surface area contributed by atoms with Gasteiger partial charge in [-0.15, -0.1) is 0 Å². The largest absolute Gasteiger partial charge is 0.293 e. The maximum atomic E-state index is 3.97. The molecule has 0 unspecified atom stereocenters. The highest BCUT2D eigenvalue weighted by atomic mass is 14.7. The number of hydrogen-bond donors (Lipinski definition) is 0. The molecule has 1 fully saturated rings. The number of hydrogen-bond acceptors (Lipinski definition) is 1. The lowest BCUT2D eigenvalue weighted by Crippen LogP contribution is -2.04. The smallest absolute Gasteiger partial charge is 0.0316 e. The first kappa shape index (κ1) is 13.2. The quantitative estimate of drug-likeness (QED) is 0.464. The summed E-state index contributed by atoms with van der Waals surface area (Å²) in [5.74, 6) is 1.06. The number of nitrogens with zero attached hydrogens (tertiary/aromatic N) is 1. The Kier molecular flexibility index (Phi) is 7.09. The van der Waals surface area contributed by atoms with E-state index in [0.717, 1.165) is 17.2 Å². The molecule has 0 aromatic carbocycles. The molecule has 0 bridgehead atoms. The molecule has 0 atom stereocenters. The van der Waals surface area contributed by atoms with Gasteiger partial charge < -0.3 is 0 Å². The van der Waals surface area contributed by atoms with E-state index in [9.17, 15) is 0 Å². The van der Waals surface area contributed by atoms with Crippen molar-refractivity contribution >= 4 is 5.71 Å². The maximum absolute atomic E-state index is 3.97. The summed E-state index contributed by atoms with van der Waals surface area (Å²) in [7, 11) is 1.78. The van der Waals surface area contributed by atoms with Gasteiger partial charge in [0.2, 0.25) is 0 Å². The van der Waals surface area contributed by atoms with E-state index in [2.05, 4.69) is 18.5 Å². The van der Waals surface area contributed by atoms with Crippen LogP contribution in [0.2, 0.25) is 0 Å². The minimum Gasteiger partial charge on any atom is -0.293 e. The fourth-order valence-corrected chi connectivity index (χ4v) is 1.07. The van der Waals surface area contributed by atoms with Crippen molar-refractivity contribution in [2.45, 2.75) is 40.0 Å². The van der Waals surface area contributed by atoms with E-state index in [4.69, 9.17) is 0 Å². The second kappa shape index (κ2) is 7.54. The lowest BCUT2D eigenvalue weighted by molar-refractivity contribution is 0.346. The molecule has 1 rings (SSSR count). The van der Waals surface area contributed by atoms with E-state index in [0.29, 0.717) is 0 Å². The van der Waals surface area contributed by atoms with E-state index in [-0.39, 0.29) is 0 Å². The van der Waals surface area contributed by atoms with E-state index >= 15 is 0 Å². The van der Waals surface area contributed by atoms with E-state index < -0.39 is 0 Å². The second-order valence-electron chi connectivity index (χ2n) is 3.99. The Balaban J connectivity index is 0.000000280. The number of allylic oxidation sites excluding steroid dienone is 3. The SMILES string of the molecule is C=C/C(C)=C\C(C)=NC.CC1CCC1. The zero-order valence-corrected chi connectivity index (χ0v) is 10.0. The van der Waals surface area contributed by atoms with Crippen LogP contribution in [-0.2, 0) is 0 Å². The molecule has 1 heteroatoms. The van der Waals surface area contributed by atoms with Crippen molar-refractivity contribution in [1.82, 2.24) is 0 Å². The van der Waals surface area contributed by atoms with Gasteiger partial charge in [-0.1, -0.05) is 38.8 Å². The molecule has 0 radical (unpaired) electrons. The van der Waals surface area contributed by atoms with Crippen molar-refractivity contribution in [2.75, 3.05) is 7.05 Å². The van der Waals surface area contributed by atoms with Gasteiger partial charge in [0.1, 0.15) is 0 Å². The summed E-state index contributed by atoms with van der Waals surface area (Å²) in [6.45, 7) is 9.90. The highest BCUT2D eigenvalue weighted by Gasteiger charge is 2.09. The third kappa shape index (κ3) is 6.64. The molecule has 0 aromatic rings. The first-order valence-electron chi connectivity index (χ1n) is 5.34. The van der Waals surface area contributed by atoms with Crippen molar-refractivity contribution in [1.29, 1.82) is 0 Å². The zero-order valence-electron chi connectivity index (χ0n) is 10.0. The molecular formula is C13H23N. The van der Waals surface area contributed by atoms with Gasteiger partial charge in [-0.05, 0) is 31.4 Å². The van der Waals surface area contributed by atoms with Crippen molar-refractivity contribution in [3.05, 3.63) is 24.3 Å².